The molecule has 0 saturated carbocycles. The molecule has 2 heterocycles. The smallest absolute Gasteiger partial charge is 0.187 e. The first-order valence-electron chi connectivity index (χ1n) is 5.46. The number of hydrogen-bond donors (Lipinski definition) is 0. The van der Waals surface area contributed by atoms with Crippen LogP contribution in [0, 0.1) is 0 Å². The van der Waals surface area contributed by atoms with Crippen LogP contribution in [0.5, 0.6) is 11.5 Å². The van der Waals surface area contributed by atoms with E-state index in [0.717, 1.165) is 30.2 Å². The summed E-state index contributed by atoms with van der Waals surface area (Å²) >= 11 is 0. The van der Waals surface area contributed by atoms with E-state index in [1.807, 2.05) is 17.0 Å². The summed E-state index contributed by atoms with van der Waals surface area (Å²) in [5.74, 6) is 2.32. The minimum Gasteiger partial charge on any atom is -0.493 e. The first-order chi connectivity index (χ1) is 8.35. The number of aliphatic imine (C=N–C) groups is 2. The van der Waals surface area contributed by atoms with Crippen molar-refractivity contribution in [3.8, 4) is 11.5 Å². The molecule has 3 rings (SSSR count). The lowest BCUT2D eigenvalue weighted by Gasteiger charge is -2.22. The van der Waals surface area contributed by atoms with E-state index < -0.39 is 0 Å². The van der Waals surface area contributed by atoms with E-state index in [1.54, 1.807) is 20.6 Å². The molecule has 0 bridgehead atoms. The predicted molar refractivity (Wildman–Crippen MR) is 65.8 cm³/mol. The fourth-order valence-electron chi connectivity index (χ4n) is 2.16. The van der Waals surface area contributed by atoms with Gasteiger partial charge in [0.15, 0.2) is 11.5 Å². The molecule has 0 saturated heterocycles. The number of benzene rings is 1. The summed E-state index contributed by atoms with van der Waals surface area (Å²) in [5, 5.41) is 0. The van der Waals surface area contributed by atoms with Crippen molar-refractivity contribution in [2.45, 2.75) is 0 Å². The van der Waals surface area contributed by atoms with Gasteiger partial charge in [-0.05, 0) is 12.1 Å². The van der Waals surface area contributed by atoms with Gasteiger partial charge < -0.3 is 14.4 Å². The van der Waals surface area contributed by atoms with Crippen molar-refractivity contribution >= 4 is 17.9 Å². The molecule has 2 aliphatic heterocycles. The van der Waals surface area contributed by atoms with Gasteiger partial charge in [0.05, 0.1) is 27.1 Å². The second-order valence-electron chi connectivity index (χ2n) is 3.84. The Morgan fingerprint density at radius 3 is 2.88 bits per heavy atom. The van der Waals surface area contributed by atoms with Crippen LogP contribution in [0.1, 0.15) is 5.56 Å². The Balaban J connectivity index is 2.21. The SMILES string of the molecule is COc1ccc2c(c1OC)N=CN1CCN=C21. The van der Waals surface area contributed by atoms with Crippen LogP contribution in [0.4, 0.5) is 5.69 Å². The number of hydrogen-bond acceptors (Lipinski definition) is 5. The highest BCUT2D eigenvalue weighted by molar-refractivity contribution is 6.12. The largest absolute Gasteiger partial charge is 0.493 e. The van der Waals surface area contributed by atoms with Crippen LogP contribution in [0.3, 0.4) is 0 Å². The zero-order chi connectivity index (χ0) is 11.8. The quantitative estimate of drug-likeness (QED) is 0.773. The monoisotopic (exact) mass is 231 g/mol. The molecule has 0 aliphatic carbocycles. The predicted octanol–water partition coefficient (Wildman–Crippen LogP) is 1.44. The number of rotatable bonds is 2. The van der Waals surface area contributed by atoms with Crippen molar-refractivity contribution in [1.82, 2.24) is 4.90 Å². The fraction of sp³-hybridized carbons (Fsp3) is 0.333. The first kappa shape index (κ1) is 10.1. The van der Waals surface area contributed by atoms with Gasteiger partial charge in [-0.15, -0.1) is 0 Å². The van der Waals surface area contributed by atoms with E-state index in [0.29, 0.717) is 11.5 Å². The lowest BCUT2D eigenvalue weighted by atomic mass is 10.1. The molecule has 0 aromatic heterocycles. The van der Waals surface area contributed by atoms with Gasteiger partial charge in [0.25, 0.3) is 0 Å². The second-order valence-corrected chi connectivity index (χ2v) is 3.84. The minimum absolute atomic E-state index is 0.663. The topological polar surface area (TPSA) is 46.4 Å². The summed E-state index contributed by atoms with van der Waals surface area (Å²) in [4.78, 5) is 11.0. The molecule has 0 unspecified atom stereocenters. The Morgan fingerprint density at radius 2 is 2.12 bits per heavy atom. The fourth-order valence-corrected chi connectivity index (χ4v) is 2.16. The maximum Gasteiger partial charge on any atom is 0.187 e. The Bertz CT molecular complexity index is 523. The molecule has 0 N–H and O–H groups in total. The molecule has 0 fully saturated rings. The highest BCUT2D eigenvalue weighted by Crippen LogP contribution is 2.42. The van der Waals surface area contributed by atoms with E-state index in [-0.39, 0.29) is 0 Å². The number of ether oxygens (including phenoxy) is 2. The molecule has 0 atom stereocenters. The third-order valence-electron chi connectivity index (χ3n) is 2.96. The molecule has 0 spiro atoms. The third kappa shape index (κ3) is 1.39. The van der Waals surface area contributed by atoms with Crippen LogP contribution in [0.25, 0.3) is 0 Å². The van der Waals surface area contributed by atoms with Crippen molar-refractivity contribution in [3.05, 3.63) is 17.7 Å². The zero-order valence-corrected chi connectivity index (χ0v) is 9.80. The van der Waals surface area contributed by atoms with Gasteiger partial charge in [0.2, 0.25) is 0 Å². The van der Waals surface area contributed by atoms with Gasteiger partial charge in [-0.1, -0.05) is 0 Å². The Morgan fingerprint density at radius 1 is 1.24 bits per heavy atom. The minimum atomic E-state index is 0.663. The molecule has 5 nitrogen and oxygen atoms in total. The lowest BCUT2D eigenvalue weighted by Crippen LogP contribution is -2.29. The molecule has 1 aromatic rings. The van der Waals surface area contributed by atoms with E-state index >= 15 is 0 Å². The van der Waals surface area contributed by atoms with Crippen molar-refractivity contribution in [3.63, 3.8) is 0 Å². The van der Waals surface area contributed by atoms with Crippen LogP contribution in [0.2, 0.25) is 0 Å². The number of amidine groups is 1. The standard InChI is InChI=1S/C12H13N3O2/c1-16-9-4-3-8-10(11(9)17-2)14-7-15-6-5-13-12(8)15/h3-4,7H,5-6H2,1-2H3. The molecule has 1 aromatic carbocycles. The molecule has 88 valence electrons. The van der Waals surface area contributed by atoms with Crippen LogP contribution in [-0.4, -0.2) is 44.4 Å². The summed E-state index contributed by atoms with van der Waals surface area (Å²) < 4.78 is 10.6. The normalized spacial score (nSPS) is 16.4. The van der Waals surface area contributed by atoms with Gasteiger partial charge in [-0.2, -0.15) is 0 Å². The van der Waals surface area contributed by atoms with Crippen LogP contribution in [0.15, 0.2) is 22.1 Å². The maximum absolute atomic E-state index is 5.37. The molecular weight excluding hydrogens is 218 g/mol. The van der Waals surface area contributed by atoms with Crippen molar-refractivity contribution in [2.75, 3.05) is 27.3 Å². The molecule has 0 radical (unpaired) electrons. The molecular formula is C12H13N3O2. The molecule has 2 aliphatic rings. The van der Waals surface area contributed by atoms with Crippen molar-refractivity contribution in [2.24, 2.45) is 9.98 Å². The lowest BCUT2D eigenvalue weighted by molar-refractivity contribution is 0.356. The summed E-state index contributed by atoms with van der Waals surface area (Å²) in [6.45, 7) is 1.71. The Labute approximate surface area is 99.4 Å². The number of methoxy groups -OCH3 is 2. The van der Waals surface area contributed by atoms with Crippen LogP contribution >= 0.6 is 0 Å². The first-order valence-corrected chi connectivity index (χ1v) is 5.46. The van der Waals surface area contributed by atoms with Crippen molar-refractivity contribution in [1.29, 1.82) is 0 Å². The van der Waals surface area contributed by atoms with Gasteiger partial charge in [0.1, 0.15) is 11.5 Å². The summed E-state index contributed by atoms with van der Waals surface area (Å²) in [7, 11) is 3.24. The van der Waals surface area contributed by atoms with E-state index in [9.17, 15) is 0 Å². The maximum atomic E-state index is 5.37. The highest BCUT2D eigenvalue weighted by Gasteiger charge is 2.26. The van der Waals surface area contributed by atoms with Gasteiger partial charge in [0, 0.05) is 12.1 Å². The van der Waals surface area contributed by atoms with Crippen LogP contribution < -0.4 is 9.47 Å². The number of nitrogens with zero attached hydrogens (tertiary/aromatic N) is 3. The average Bonchev–Trinajstić information content (AvgIpc) is 2.85. The van der Waals surface area contributed by atoms with E-state index in [2.05, 4.69) is 9.98 Å². The summed E-state index contributed by atoms with van der Waals surface area (Å²) in [6, 6.07) is 3.86. The molecule has 5 heteroatoms. The van der Waals surface area contributed by atoms with Gasteiger partial charge >= 0.3 is 0 Å². The van der Waals surface area contributed by atoms with Gasteiger partial charge in [-0.25, -0.2) is 4.99 Å². The Kier molecular flexibility index (Phi) is 2.24. The summed E-state index contributed by atoms with van der Waals surface area (Å²) in [6.07, 6.45) is 1.80. The van der Waals surface area contributed by atoms with E-state index in [1.165, 1.54) is 0 Å². The van der Waals surface area contributed by atoms with E-state index in [4.69, 9.17) is 9.47 Å². The molecule has 17 heavy (non-hydrogen) atoms. The average molecular weight is 231 g/mol. The van der Waals surface area contributed by atoms with Crippen LogP contribution in [-0.2, 0) is 0 Å². The molecule has 0 amide bonds. The third-order valence-corrected chi connectivity index (χ3v) is 2.96. The number of fused-ring (bicyclic) bond motifs is 3. The second kappa shape index (κ2) is 3.76. The van der Waals surface area contributed by atoms with Gasteiger partial charge in [-0.3, -0.25) is 4.99 Å². The Hall–Kier alpha value is -2.04. The zero-order valence-electron chi connectivity index (χ0n) is 9.80. The highest BCUT2D eigenvalue weighted by atomic mass is 16.5. The summed E-state index contributed by atoms with van der Waals surface area (Å²) in [5.41, 5.74) is 1.80. The van der Waals surface area contributed by atoms with Crippen molar-refractivity contribution < 1.29 is 9.47 Å².